The lowest BCUT2D eigenvalue weighted by Gasteiger charge is -2.07. The van der Waals surface area contributed by atoms with Crippen molar-refractivity contribution in [1.29, 1.82) is 5.26 Å². The van der Waals surface area contributed by atoms with Gasteiger partial charge >= 0.3 is 5.69 Å². The highest BCUT2D eigenvalue weighted by Gasteiger charge is 2.16. The van der Waals surface area contributed by atoms with Gasteiger partial charge in [-0.1, -0.05) is 12.1 Å². The number of hydrogen-bond donors (Lipinski definition) is 1. The Hall–Kier alpha value is -2.91. The fourth-order valence-corrected chi connectivity index (χ4v) is 1.68. The van der Waals surface area contributed by atoms with Crippen LogP contribution in [0.25, 0.3) is 0 Å². The molecule has 0 heterocycles. The monoisotopic (exact) mass is 269 g/mol. The van der Waals surface area contributed by atoms with E-state index >= 15 is 0 Å². The van der Waals surface area contributed by atoms with Gasteiger partial charge in [-0.2, -0.15) is 5.26 Å². The summed E-state index contributed by atoms with van der Waals surface area (Å²) >= 11 is 0. The number of ether oxygens (including phenoxy) is 1. The standard InChI is InChI=1S/C14H11N3O3/c15-8-10-2-1-3-12(6-10)20-14-5-4-11(9-16)7-13(14)17(18)19/h1-7H,8,15H2. The molecule has 0 aliphatic rings. The number of benzene rings is 2. The molecule has 0 bridgehead atoms. The molecule has 0 saturated heterocycles. The Morgan fingerprint density at radius 3 is 2.75 bits per heavy atom. The van der Waals surface area contributed by atoms with Crippen molar-refractivity contribution in [3.05, 3.63) is 63.7 Å². The van der Waals surface area contributed by atoms with E-state index in [1.54, 1.807) is 18.2 Å². The molecule has 100 valence electrons. The van der Waals surface area contributed by atoms with Crippen LogP contribution in [0.5, 0.6) is 11.5 Å². The highest BCUT2D eigenvalue weighted by atomic mass is 16.6. The molecule has 0 radical (unpaired) electrons. The Bertz CT molecular complexity index is 692. The first-order chi connectivity index (χ1) is 9.63. The van der Waals surface area contributed by atoms with E-state index in [1.807, 2.05) is 12.1 Å². The molecule has 0 aliphatic carbocycles. The van der Waals surface area contributed by atoms with E-state index in [1.165, 1.54) is 18.2 Å². The van der Waals surface area contributed by atoms with Crippen LogP contribution >= 0.6 is 0 Å². The third-order valence-corrected chi connectivity index (χ3v) is 2.65. The molecule has 0 unspecified atom stereocenters. The minimum atomic E-state index is -0.580. The fraction of sp³-hybridized carbons (Fsp3) is 0.0714. The second kappa shape index (κ2) is 5.82. The predicted octanol–water partition coefficient (Wildman–Crippen LogP) is 2.72. The van der Waals surface area contributed by atoms with Gasteiger partial charge in [0.2, 0.25) is 5.75 Å². The summed E-state index contributed by atoms with van der Waals surface area (Å²) in [6.07, 6.45) is 0. The molecule has 0 aromatic heterocycles. The Kier molecular flexibility index (Phi) is 3.93. The van der Waals surface area contributed by atoms with Crippen LogP contribution in [-0.4, -0.2) is 4.92 Å². The maximum Gasteiger partial charge on any atom is 0.312 e. The largest absolute Gasteiger partial charge is 0.450 e. The van der Waals surface area contributed by atoms with E-state index < -0.39 is 4.92 Å². The Balaban J connectivity index is 2.37. The average molecular weight is 269 g/mol. The summed E-state index contributed by atoms with van der Waals surface area (Å²) < 4.78 is 5.51. The molecule has 6 heteroatoms. The average Bonchev–Trinajstić information content (AvgIpc) is 2.47. The van der Waals surface area contributed by atoms with Crippen molar-refractivity contribution in [1.82, 2.24) is 0 Å². The minimum absolute atomic E-state index is 0.0863. The van der Waals surface area contributed by atoms with Crippen LogP contribution < -0.4 is 10.5 Å². The van der Waals surface area contributed by atoms with Crippen LogP contribution in [0.1, 0.15) is 11.1 Å². The number of nitriles is 1. The van der Waals surface area contributed by atoms with Gasteiger partial charge in [-0.25, -0.2) is 0 Å². The summed E-state index contributed by atoms with van der Waals surface area (Å²) in [6.45, 7) is 0.354. The lowest BCUT2D eigenvalue weighted by Crippen LogP contribution is -1.97. The van der Waals surface area contributed by atoms with Gasteiger partial charge in [-0.05, 0) is 29.8 Å². The van der Waals surface area contributed by atoms with Crippen LogP contribution in [0.15, 0.2) is 42.5 Å². The van der Waals surface area contributed by atoms with Crippen LogP contribution in [0.3, 0.4) is 0 Å². The van der Waals surface area contributed by atoms with Crippen LogP contribution in [0.4, 0.5) is 5.69 Å². The van der Waals surface area contributed by atoms with E-state index in [4.69, 9.17) is 15.7 Å². The summed E-state index contributed by atoms with van der Waals surface area (Å²) in [5, 5.41) is 19.8. The number of hydrogen-bond acceptors (Lipinski definition) is 5. The third-order valence-electron chi connectivity index (χ3n) is 2.65. The third kappa shape index (κ3) is 2.91. The Morgan fingerprint density at radius 1 is 1.30 bits per heavy atom. The molecular formula is C14H11N3O3. The van der Waals surface area contributed by atoms with Gasteiger partial charge < -0.3 is 10.5 Å². The Labute approximate surface area is 115 Å². The van der Waals surface area contributed by atoms with Crippen molar-refractivity contribution in [2.24, 2.45) is 5.73 Å². The second-order valence-electron chi connectivity index (χ2n) is 4.01. The van der Waals surface area contributed by atoms with Crippen LogP contribution in [0.2, 0.25) is 0 Å². The zero-order valence-electron chi connectivity index (χ0n) is 10.4. The number of nitrogens with zero attached hydrogens (tertiary/aromatic N) is 2. The first kappa shape index (κ1) is 13.5. The molecule has 0 saturated carbocycles. The molecule has 0 amide bonds. The van der Waals surface area contributed by atoms with Crippen LogP contribution in [0, 0.1) is 21.4 Å². The van der Waals surface area contributed by atoms with E-state index in [-0.39, 0.29) is 17.0 Å². The smallest absolute Gasteiger partial charge is 0.312 e. The lowest BCUT2D eigenvalue weighted by molar-refractivity contribution is -0.385. The normalized spacial score (nSPS) is 9.80. The summed E-state index contributed by atoms with van der Waals surface area (Å²) in [5.74, 6) is 0.545. The first-order valence-corrected chi connectivity index (χ1v) is 5.79. The Morgan fingerprint density at radius 2 is 2.10 bits per heavy atom. The molecule has 0 spiro atoms. The number of nitrogens with two attached hydrogens (primary N) is 1. The maximum absolute atomic E-state index is 11.0. The molecule has 2 rings (SSSR count). The van der Waals surface area contributed by atoms with Gasteiger partial charge in [0.15, 0.2) is 0 Å². The van der Waals surface area contributed by atoms with Crippen molar-refractivity contribution in [2.75, 3.05) is 0 Å². The highest BCUT2D eigenvalue weighted by molar-refractivity contribution is 5.53. The van der Waals surface area contributed by atoms with Crippen molar-refractivity contribution in [3.63, 3.8) is 0 Å². The maximum atomic E-state index is 11.0. The van der Waals surface area contributed by atoms with Gasteiger partial charge in [0, 0.05) is 12.6 Å². The minimum Gasteiger partial charge on any atom is -0.450 e. The number of rotatable bonds is 4. The SMILES string of the molecule is N#Cc1ccc(Oc2cccc(CN)c2)c([N+](=O)[O-])c1. The quantitative estimate of drug-likeness (QED) is 0.679. The van der Waals surface area contributed by atoms with Gasteiger partial charge in [0.05, 0.1) is 16.6 Å². The van der Waals surface area contributed by atoms with E-state index in [9.17, 15) is 10.1 Å². The highest BCUT2D eigenvalue weighted by Crippen LogP contribution is 2.32. The molecule has 20 heavy (non-hydrogen) atoms. The molecular weight excluding hydrogens is 258 g/mol. The topological polar surface area (TPSA) is 102 Å². The fourth-order valence-electron chi connectivity index (χ4n) is 1.68. The van der Waals surface area contributed by atoms with E-state index in [0.717, 1.165) is 5.56 Å². The molecule has 2 N–H and O–H groups in total. The molecule has 0 atom stereocenters. The van der Waals surface area contributed by atoms with Gasteiger partial charge in [0.25, 0.3) is 0 Å². The molecule has 2 aromatic rings. The van der Waals surface area contributed by atoms with E-state index in [2.05, 4.69) is 0 Å². The van der Waals surface area contributed by atoms with Crippen molar-refractivity contribution in [3.8, 4) is 17.6 Å². The van der Waals surface area contributed by atoms with E-state index in [0.29, 0.717) is 12.3 Å². The first-order valence-electron chi connectivity index (χ1n) is 5.79. The van der Waals surface area contributed by atoms with Crippen molar-refractivity contribution >= 4 is 5.69 Å². The van der Waals surface area contributed by atoms with Gasteiger partial charge in [-0.15, -0.1) is 0 Å². The molecule has 0 fully saturated rings. The summed E-state index contributed by atoms with van der Waals surface area (Å²) in [5.41, 5.74) is 6.35. The molecule has 2 aromatic carbocycles. The zero-order chi connectivity index (χ0) is 14.5. The van der Waals surface area contributed by atoms with Gasteiger partial charge in [0.1, 0.15) is 5.75 Å². The number of nitro groups is 1. The summed E-state index contributed by atoms with van der Waals surface area (Å²) in [6, 6.07) is 12.9. The molecule has 6 nitrogen and oxygen atoms in total. The second-order valence-corrected chi connectivity index (χ2v) is 4.01. The lowest BCUT2D eigenvalue weighted by atomic mass is 10.2. The summed E-state index contributed by atoms with van der Waals surface area (Å²) in [7, 11) is 0. The van der Waals surface area contributed by atoms with Crippen molar-refractivity contribution in [2.45, 2.75) is 6.54 Å². The van der Waals surface area contributed by atoms with Crippen LogP contribution in [-0.2, 0) is 6.54 Å². The molecule has 0 aliphatic heterocycles. The predicted molar refractivity (Wildman–Crippen MR) is 72.2 cm³/mol. The van der Waals surface area contributed by atoms with Gasteiger partial charge in [-0.3, -0.25) is 10.1 Å². The zero-order valence-corrected chi connectivity index (χ0v) is 10.4. The van der Waals surface area contributed by atoms with Crippen molar-refractivity contribution < 1.29 is 9.66 Å². The summed E-state index contributed by atoms with van der Waals surface area (Å²) in [4.78, 5) is 10.4. The number of nitro benzene ring substituents is 1.